The van der Waals surface area contributed by atoms with Gasteiger partial charge in [-0.05, 0) is 24.6 Å². The van der Waals surface area contributed by atoms with Gasteiger partial charge in [-0.25, -0.2) is 0 Å². The first kappa shape index (κ1) is 12.4. The van der Waals surface area contributed by atoms with E-state index in [0.717, 1.165) is 17.7 Å². The summed E-state index contributed by atoms with van der Waals surface area (Å²) in [5.41, 5.74) is 7.24. The number of methoxy groups -OCH3 is 1. The van der Waals surface area contributed by atoms with Crippen molar-refractivity contribution in [2.45, 2.75) is 26.3 Å². The highest BCUT2D eigenvalue weighted by molar-refractivity contribution is 5.75. The molecule has 0 spiro atoms. The Balaban J connectivity index is 2.65. The van der Waals surface area contributed by atoms with E-state index >= 15 is 0 Å². The number of carbonyl (C=O) groups is 1. The summed E-state index contributed by atoms with van der Waals surface area (Å²) in [6.07, 6.45) is 1.39. The van der Waals surface area contributed by atoms with Crippen LogP contribution in [0.3, 0.4) is 0 Å². The summed E-state index contributed by atoms with van der Waals surface area (Å²) in [5, 5.41) is 2.83. The van der Waals surface area contributed by atoms with Gasteiger partial charge in [0.2, 0.25) is 5.91 Å². The van der Waals surface area contributed by atoms with E-state index in [2.05, 4.69) is 5.32 Å². The smallest absolute Gasteiger partial charge is 0.220 e. The number of ether oxygens (including phenoxy) is 1. The number of benzene rings is 1. The van der Waals surface area contributed by atoms with Crippen molar-refractivity contribution in [2.24, 2.45) is 0 Å². The van der Waals surface area contributed by atoms with E-state index < -0.39 is 0 Å². The molecule has 1 rings (SSSR count). The number of hydrogen-bond acceptors (Lipinski definition) is 3. The van der Waals surface area contributed by atoms with Crippen LogP contribution in [0.5, 0.6) is 5.75 Å². The number of carbonyl (C=O) groups excluding carboxylic acids is 1. The molecule has 0 aliphatic heterocycles. The molecule has 1 aromatic carbocycles. The fourth-order valence-corrected chi connectivity index (χ4v) is 1.45. The summed E-state index contributed by atoms with van der Waals surface area (Å²) in [4.78, 5) is 11.3. The number of anilines is 1. The van der Waals surface area contributed by atoms with Gasteiger partial charge in [-0.3, -0.25) is 4.79 Å². The Kier molecular flexibility index (Phi) is 4.64. The molecule has 0 fully saturated rings. The predicted octanol–water partition coefficient (Wildman–Crippen LogP) is 1.69. The Hall–Kier alpha value is -1.71. The van der Waals surface area contributed by atoms with E-state index in [0.29, 0.717) is 18.7 Å². The highest BCUT2D eigenvalue weighted by Crippen LogP contribution is 2.20. The average molecular weight is 222 g/mol. The van der Waals surface area contributed by atoms with E-state index in [1.807, 2.05) is 13.0 Å². The van der Waals surface area contributed by atoms with Gasteiger partial charge in [0.15, 0.2) is 0 Å². The maximum atomic E-state index is 11.3. The molecular formula is C12H18N2O2. The molecule has 4 nitrogen and oxygen atoms in total. The van der Waals surface area contributed by atoms with Crippen molar-refractivity contribution in [3.8, 4) is 5.75 Å². The number of rotatable bonds is 5. The number of nitrogens with two attached hydrogens (primary N) is 1. The van der Waals surface area contributed by atoms with Gasteiger partial charge >= 0.3 is 0 Å². The lowest BCUT2D eigenvalue weighted by Gasteiger charge is -2.10. The Morgan fingerprint density at radius 2 is 2.25 bits per heavy atom. The number of amides is 1. The van der Waals surface area contributed by atoms with Crippen molar-refractivity contribution in [3.63, 3.8) is 0 Å². The van der Waals surface area contributed by atoms with Gasteiger partial charge in [0.05, 0.1) is 7.11 Å². The van der Waals surface area contributed by atoms with Crippen LogP contribution in [0.4, 0.5) is 5.69 Å². The van der Waals surface area contributed by atoms with Gasteiger partial charge in [-0.1, -0.05) is 6.92 Å². The van der Waals surface area contributed by atoms with Crippen molar-refractivity contribution in [3.05, 3.63) is 23.8 Å². The Bertz CT molecular complexity index is 364. The van der Waals surface area contributed by atoms with Crippen LogP contribution in [0.2, 0.25) is 0 Å². The predicted molar refractivity (Wildman–Crippen MR) is 64.2 cm³/mol. The standard InChI is InChI=1S/C12H18N2O2/c1-3-4-12(15)14-8-9-7-10(13)5-6-11(9)16-2/h5-7H,3-4,8,13H2,1-2H3,(H,14,15). The van der Waals surface area contributed by atoms with Gasteiger partial charge in [0.1, 0.15) is 5.75 Å². The number of nitrogens with one attached hydrogen (secondary N) is 1. The first-order valence-electron chi connectivity index (χ1n) is 5.36. The molecule has 1 amide bonds. The zero-order valence-electron chi connectivity index (χ0n) is 9.75. The van der Waals surface area contributed by atoms with Gasteiger partial charge in [0.25, 0.3) is 0 Å². The van der Waals surface area contributed by atoms with E-state index in [9.17, 15) is 4.79 Å². The third-order valence-electron chi connectivity index (χ3n) is 2.26. The lowest BCUT2D eigenvalue weighted by Crippen LogP contribution is -2.22. The molecule has 0 aliphatic carbocycles. The van der Waals surface area contributed by atoms with Crippen LogP contribution < -0.4 is 15.8 Å². The van der Waals surface area contributed by atoms with Crippen LogP contribution in [0.25, 0.3) is 0 Å². The number of hydrogen-bond donors (Lipinski definition) is 2. The summed E-state index contributed by atoms with van der Waals surface area (Å²) in [6, 6.07) is 5.39. The summed E-state index contributed by atoms with van der Waals surface area (Å²) in [7, 11) is 1.60. The number of nitrogen functional groups attached to an aromatic ring is 1. The second-order valence-corrected chi connectivity index (χ2v) is 3.60. The molecular weight excluding hydrogens is 204 g/mol. The van der Waals surface area contributed by atoms with Crippen LogP contribution in [0, 0.1) is 0 Å². The highest BCUT2D eigenvalue weighted by atomic mass is 16.5. The summed E-state index contributed by atoms with van der Waals surface area (Å²) in [5.74, 6) is 0.790. The molecule has 16 heavy (non-hydrogen) atoms. The lowest BCUT2D eigenvalue weighted by molar-refractivity contribution is -0.121. The van der Waals surface area contributed by atoms with E-state index in [1.54, 1.807) is 19.2 Å². The minimum Gasteiger partial charge on any atom is -0.496 e. The molecule has 1 aromatic rings. The topological polar surface area (TPSA) is 64.4 Å². The summed E-state index contributed by atoms with van der Waals surface area (Å²) >= 11 is 0. The molecule has 0 aromatic heterocycles. The first-order valence-corrected chi connectivity index (χ1v) is 5.36. The van der Waals surface area contributed by atoms with Crippen molar-refractivity contribution < 1.29 is 9.53 Å². The normalized spacial score (nSPS) is 9.88. The quantitative estimate of drug-likeness (QED) is 0.745. The van der Waals surface area contributed by atoms with Crippen LogP contribution in [-0.2, 0) is 11.3 Å². The van der Waals surface area contributed by atoms with Gasteiger partial charge < -0.3 is 15.8 Å². The molecule has 88 valence electrons. The first-order chi connectivity index (χ1) is 7.67. The zero-order valence-corrected chi connectivity index (χ0v) is 9.75. The molecule has 0 saturated heterocycles. The molecule has 4 heteroatoms. The average Bonchev–Trinajstić information content (AvgIpc) is 2.27. The summed E-state index contributed by atoms with van der Waals surface area (Å²) in [6.45, 7) is 2.42. The Morgan fingerprint density at radius 3 is 2.88 bits per heavy atom. The minimum atomic E-state index is 0.0481. The molecule has 0 heterocycles. The third kappa shape index (κ3) is 3.46. The van der Waals surface area contributed by atoms with E-state index in [1.165, 1.54) is 0 Å². The van der Waals surface area contributed by atoms with E-state index in [-0.39, 0.29) is 5.91 Å². The van der Waals surface area contributed by atoms with Crippen LogP contribution >= 0.6 is 0 Å². The Morgan fingerprint density at radius 1 is 1.50 bits per heavy atom. The maximum Gasteiger partial charge on any atom is 0.220 e. The minimum absolute atomic E-state index is 0.0481. The summed E-state index contributed by atoms with van der Waals surface area (Å²) < 4.78 is 5.19. The van der Waals surface area contributed by atoms with Gasteiger partial charge in [-0.15, -0.1) is 0 Å². The van der Waals surface area contributed by atoms with Crippen LogP contribution in [0.15, 0.2) is 18.2 Å². The van der Waals surface area contributed by atoms with Crippen molar-refractivity contribution in [2.75, 3.05) is 12.8 Å². The Labute approximate surface area is 95.8 Å². The molecule has 0 saturated carbocycles. The highest BCUT2D eigenvalue weighted by Gasteiger charge is 2.05. The molecule has 0 bridgehead atoms. The zero-order chi connectivity index (χ0) is 12.0. The molecule has 0 radical (unpaired) electrons. The molecule has 0 aliphatic rings. The van der Waals surface area contributed by atoms with E-state index in [4.69, 9.17) is 10.5 Å². The third-order valence-corrected chi connectivity index (χ3v) is 2.26. The maximum absolute atomic E-state index is 11.3. The largest absolute Gasteiger partial charge is 0.496 e. The van der Waals surface area contributed by atoms with Crippen LogP contribution in [-0.4, -0.2) is 13.0 Å². The SMILES string of the molecule is CCCC(=O)NCc1cc(N)ccc1OC. The fourth-order valence-electron chi connectivity index (χ4n) is 1.45. The van der Waals surface area contributed by atoms with Crippen molar-refractivity contribution >= 4 is 11.6 Å². The van der Waals surface area contributed by atoms with Gasteiger partial charge in [0, 0.05) is 24.2 Å². The second kappa shape index (κ2) is 6.00. The van der Waals surface area contributed by atoms with Gasteiger partial charge in [-0.2, -0.15) is 0 Å². The molecule has 0 atom stereocenters. The lowest BCUT2D eigenvalue weighted by atomic mass is 10.1. The monoisotopic (exact) mass is 222 g/mol. The molecule has 0 unspecified atom stereocenters. The molecule has 3 N–H and O–H groups in total. The van der Waals surface area contributed by atoms with Crippen molar-refractivity contribution in [1.82, 2.24) is 5.32 Å². The second-order valence-electron chi connectivity index (χ2n) is 3.60. The van der Waals surface area contributed by atoms with Crippen molar-refractivity contribution in [1.29, 1.82) is 0 Å². The van der Waals surface area contributed by atoms with Crippen LogP contribution in [0.1, 0.15) is 25.3 Å². The fraction of sp³-hybridized carbons (Fsp3) is 0.417.